The Morgan fingerprint density at radius 1 is 1.13 bits per heavy atom. The van der Waals surface area contributed by atoms with E-state index in [1.165, 1.54) is 11.3 Å². The highest BCUT2D eigenvalue weighted by Crippen LogP contribution is 2.36. The number of carbonyl (C=O) groups is 1. The number of hydrogen-bond donors (Lipinski definition) is 1. The van der Waals surface area contributed by atoms with Crippen molar-refractivity contribution in [2.24, 2.45) is 11.8 Å². The molecule has 3 saturated heterocycles. The largest absolute Gasteiger partial charge is 0.447 e. The Kier molecular flexibility index (Phi) is 5.09. The number of piperidine rings is 3. The topological polar surface area (TPSA) is 43.6 Å². The molecule has 2 aromatic carbocycles. The molecule has 3 aromatic rings. The van der Waals surface area contributed by atoms with Gasteiger partial charge in [0.05, 0.1) is 24.2 Å². The number of esters is 1. The Morgan fingerprint density at radius 3 is 2.70 bits per heavy atom. The van der Waals surface area contributed by atoms with Crippen LogP contribution in [0.2, 0.25) is 0 Å². The molecule has 3 aliphatic rings. The molecule has 6 rings (SSSR count). The van der Waals surface area contributed by atoms with Gasteiger partial charge in [0.2, 0.25) is 0 Å². The third-order valence-corrected chi connectivity index (χ3v) is 6.92. The minimum Gasteiger partial charge on any atom is -0.447 e. The summed E-state index contributed by atoms with van der Waals surface area (Å²) < 4.78 is 6.28. The predicted octanol–water partition coefficient (Wildman–Crippen LogP) is 3.61. The SMILES string of the molecule is C=C[C@H]1C[NH+]2CC[C@H]1C[C@@H]2[C@@H](OC(=O)c1ccccc1)c1ccnc2ccccc12. The van der Waals surface area contributed by atoms with E-state index in [1.807, 2.05) is 60.8 Å². The van der Waals surface area contributed by atoms with Crippen LogP contribution >= 0.6 is 0 Å². The van der Waals surface area contributed by atoms with Crippen LogP contribution < -0.4 is 4.90 Å². The van der Waals surface area contributed by atoms with E-state index in [4.69, 9.17) is 4.74 Å². The average Bonchev–Trinajstić information content (AvgIpc) is 2.83. The van der Waals surface area contributed by atoms with Gasteiger partial charge in [-0.25, -0.2) is 4.79 Å². The van der Waals surface area contributed by atoms with Gasteiger partial charge in [0.25, 0.3) is 0 Å². The predicted molar refractivity (Wildman–Crippen MR) is 117 cm³/mol. The molecule has 152 valence electrons. The number of nitrogens with zero attached hydrogens (tertiary/aromatic N) is 1. The van der Waals surface area contributed by atoms with Crippen LogP contribution in [0, 0.1) is 11.8 Å². The monoisotopic (exact) mass is 399 g/mol. The molecule has 0 spiro atoms. The van der Waals surface area contributed by atoms with Crippen LogP contribution in [0.3, 0.4) is 0 Å². The fraction of sp³-hybridized carbons (Fsp3) is 0.308. The number of rotatable bonds is 5. The molecule has 4 nitrogen and oxygen atoms in total. The summed E-state index contributed by atoms with van der Waals surface area (Å²) in [6, 6.07) is 19.7. The molecule has 0 radical (unpaired) electrons. The summed E-state index contributed by atoms with van der Waals surface area (Å²) in [6.07, 6.45) is 5.93. The molecule has 30 heavy (non-hydrogen) atoms. The first-order valence-corrected chi connectivity index (χ1v) is 10.8. The second kappa shape index (κ2) is 8.04. The van der Waals surface area contributed by atoms with Crippen LogP contribution in [0.15, 0.2) is 79.5 Å². The van der Waals surface area contributed by atoms with E-state index >= 15 is 0 Å². The van der Waals surface area contributed by atoms with Crippen LogP contribution in [0.1, 0.15) is 34.9 Å². The fourth-order valence-electron chi connectivity index (χ4n) is 5.38. The van der Waals surface area contributed by atoms with E-state index in [2.05, 4.69) is 23.7 Å². The molecule has 1 unspecified atom stereocenters. The van der Waals surface area contributed by atoms with Crippen LogP contribution in [0.5, 0.6) is 0 Å². The van der Waals surface area contributed by atoms with Crippen molar-refractivity contribution in [2.75, 3.05) is 13.1 Å². The van der Waals surface area contributed by atoms with Crippen LogP contribution in [-0.4, -0.2) is 30.1 Å². The molecular weight excluding hydrogens is 372 g/mol. The molecule has 2 bridgehead atoms. The maximum absolute atomic E-state index is 13.1. The Hall–Kier alpha value is -2.98. The van der Waals surface area contributed by atoms with Crippen molar-refractivity contribution in [1.29, 1.82) is 0 Å². The van der Waals surface area contributed by atoms with Crippen molar-refractivity contribution in [1.82, 2.24) is 4.98 Å². The molecule has 3 aliphatic heterocycles. The second-order valence-electron chi connectivity index (χ2n) is 8.51. The molecule has 4 heterocycles. The normalized spacial score (nSPS) is 26.3. The number of nitrogens with one attached hydrogen (secondary N) is 1. The molecule has 0 amide bonds. The third-order valence-electron chi connectivity index (χ3n) is 6.92. The van der Waals surface area contributed by atoms with Crippen molar-refractivity contribution in [2.45, 2.75) is 25.0 Å². The number of quaternary nitrogens is 1. The van der Waals surface area contributed by atoms with Gasteiger partial charge in [0, 0.05) is 35.9 Å². The van der Waals surface area contributed by atoms with E-state index < -0.39 is 0 Å². The summed E-state index contributed by atoms with van der Waals surface area (Å²) in [7, 11) is 0. The van der Waals surface area contributed by atoms with Crippen molar-refractivity contribution in [3.05, 3.63) is 90.6 Å². The molecule has 0 saturated carbocycles. The maximum Gasteiger partial charge on any atom is 0.338 e. The first kappa shape index (κ1) is 19.0. The molecular formula is C26H27N2O2+. The number of pyridine rings is 1. The Balaban J connectivity index is 1.54. The lowest BCUT2D eigenvalue weighted by atomic mass is 9.73. The first-order valence-electron chi connectivity index (χ1n) is 10.8. The lowest BCUT2D eigenvalue weighted by Crippen LogP contribution is -3.20. The summed E-state index contributed by atoms with van der Waals surface area (Å²) >= 11 is 0. The quantitative estimate of drug-likeness (QED) is 0.527. The summed E-state index contributed by atoms with van der Waals surface area (Å²) in [5.74, 6) is 0.921. The lowest BCUT2D eigenvalue weighted by Gasteiger charge is -2.48. The van der Waals surface area contributed by atoms with E-state index in [9.17, 15) is 4.79 Å². The highest BCUT2D eigenvalue weighted by atomic mass is 16.5. The zero-order valence-electron chi connectivity index (χ0n) is 17.0. The number of hydrogen-bond acceptors (Lipinski definition) is 3. The minimum absolute atomic E-state index is 0.249. The number of fused-ring (bicyclic) bond motifs is 4. The summed E-state index contributed by atoms with van der Waals surface area (Å²) in [6.45, 7) is 6.25. The number of benzene rings is 2. The van der Waals surface area contributed by atoms with Crippen molar-refractivity contribution in [3.8, 4) is 0 Å². The lowest BCUT2D eigenvalue weighted by molar-refractivity contribution is -0.949. The molecule has 1 N–H and O–H groups in total. The highest BCUT2D eigenvalue weighted by Gasteiger charge is 2.47. The van der Waals surface area contributed by atoms with Gasteiger partial charge in [-0.2, -0.15) is 0 Å². The van der Waals surface area contributed by atoms with Gasteiger partial charge in [0.1, 0.15) is 6.04 Å². The molecule has 3 fully saturated rings. The van der Waals surface area contributed by atoms with Gasteiger partial charge in [0.15, 0.2) is 6.10 Å². The molecule has 5 atom stereocenters. The van der Waals surface area contributed by atoms with E-state index in [0.29, 0.717) is 17.4 Å². The minimum atomic E-state index is -0.297. The number of ether oxygens (including phenoxy) is 1. The maximum atomic E-state index is 13.1. The molecule has 4 heteroatoms. The standard InChI is InChI=1S/C26H26N2O2/c1-2-18-17-28-15-13-20(18)16-24(28)25(30-26(29)19-8-4-3-5-9-19)22-12-14-27-23-11-7-6-10-21(22)23/h2-12,14,18,20,24-25H,1,13,15-17H2/p+1/t18-,20-,24+,25-/m0/s1. The summed E-state index contributed by atoms with van der Waals surface area (Å²) in [5.41, 5.74) is 2.59. The zero-order chi connectivity index (χ0) is 20.5. The Bertz CT molecular complexity index is 1060. The Labute approximate surface area is 177 Å². The van der Waals surface area contributed by atoms with Crippen LogP contribution in [0.25, 0.3) is 10.9 Å². The van der Waals surface area contributed by atoms with Gasteiger partial charge >= 0.3 is 5.97 Å². The smallest absolute Gasteiger partial charge is 0.338 e. The third kappa shape index (κ3) is 3.41. The highest BCUT2D eigenvalue weighted by molar-refractivity contribution is 5.90. The summed E-state index contributed by atoms with van der Waals surface area (Å²) in [4.78, 5) is 19.1. The van der Waals surface area contributed by atoms with Crippen molar-refractivity contribution >= 4 is 16.9 Å². The number of carbonyl (C=O) groups excluding carboxylic acids is 1. The number of para-hydroxylation sites is 1. The van der Waals surface area contributed by atoms with E-state index in [0.717, 1.165) is 36.0 Å². The van der Waals surface area contributed by atoms with Gasteiger partial charge < -0.3 is 9.64 Å². The fourth-order valence-corrected chi connectivity index (χ4v) is 5.38. The van der Waals surface area contributed by atoms with Gasteiger partial charge in [-0.05, 0) is 30.2 Å². The second-order valence-corrected chi connectivity index (χ2v) is 8.51. The van der Waals surface area contributed by atoms with E-state index in [1.54, 1.807) is 0 Å². The van der Waals surface area contributed by atoms with Gasteiger partial charge in [-0.1, -0.05) is 42.5 Å². The number of aromatic nitrogens is 1. The molecule has 1 aromatic heterocycles. The van der Waals surface area contributed by atoms with Gasteiger partial charge in [-0.3, -0.25) is 4.98 Å². The zero-order valence-corrected chi connectivity index (χ0v) is 17.0. The Morgan fingerprint density at radius 2 is 1.93 bits per heavy atom. The van der Waals surface area contributed by atoms with Crippen molar-refractivity contribution in [3.63, 3.8) is 0 Å². The van der Waals surface area contributed by atoms with Crippen LogP contribution in [-0.2, 0) is 4.74 Å². The van der Waals surface area contributed by atoms with Gasteiger partial charge in [-0.15, -0.1) is 6.58 Å². The van der Waals surface area contributed by atoms with Crippen molar-refractivity contribution < 1.29 is 14.4 Å². The van der Waals surface area contributed by atoms with Crippen LogP contribution in [0.4, 0.5) is 0 Å². The molecule has 0 aliphatic carbocycles. The van der Waals surface area contributed by atoms with E-state index in [-0.39, 0.29) is 18.1 Å². The first-order chi connectivity index (χ1) is 14.7. The average molecular weight is 400 g/mol. The summed E-state index contributed by atoms with van der Waals surface area (Å²) in [5, 5.41) is 1.06.